The van der Waals surface area contributed by atoms with Crippen LogP contribution < -0.4 is 15.4 Å². The number of benzene rings is 1. The summed E-state index contributed by atoms with van der Waals surface area (Å²) < 4.78 is 21.8. The van der Waals surface area contributed by atoms with Crippen molar-refractivity contribution in [3.8, 4) is 22.9 Å². The van der Waals surface area contributed by atoms with E-state index in [-0.39, 0.29) is 18.1 Å². The Hall–Kier alpha value is -4.03. The number of nitrogens with one attached hydrogen (secondary N) is 2. The number of rotatable bonds is 6. The van der Waals surface area contributed by atoms with Crippen LogP contribution in [0, 0.1) is 24.1 Å². The Morgan fingerprint density at radius 3 is 2.85 bits per heavy atom. The minimum atomic E-state index is -0.286. The van der Waals surface area contributed by atoms with Gasteiger partial charge in [-0.2, -0.15) is 5.26 Å². The first-order valence-corrected chi connectivity index (χ1v) is 10.7. The van der Waals surface area contributed by atoms with E-state index in [1.54, 1.807) is 22.9 Å². The summed E-state index contributed by atoms with van der Waals surface area (Å²) in [6.07, 6.45) is 4.01. The molecule has 9 heteroatoms. The fraction of sp³-hybridized carbons (Fsp3) is 0.250. The molecule has 0 amide bonds. The molecule has 0 spiro atoms. The summed E-state index contributed by atoms with van der Waals surface area (Å²) in [6, 6.07) is 9.12. The van der Waals surface area contributed by atoms with Gasteiger partial charge in [0.05, 0.1) is 18.5 Å². The van der Waals surface area contributed by atoms with Gasteiger partial charge in [0, 0.05) is 53.7 Å². The molecule has 3 aromatic heterocycles. The number of hydrogen-bond acceptors (Lipinski definition) is 7. The Balaban J connectivity index is 1.53. The molecule has 0 bridgehead atoms. The number of ether oxygens (including phenoxy) is 1. The van der Waals surface area contributed by atoms with Gasteiger partial charge in [-0.05, 0) is 32.2 Å². The molecule has 4 aromatic rings. The van der Waals surface area contributed by atoms with E-state index in [0.29, 0.717) is 36.7 Å². The van der Waals surface area contributed by atoms with Gasteiger partial charge in [0.15, 0.2) is 11.3 Å². The van der Waals surface area contributed by atoms with Gasteiger partial charge in [-0.15, -0.1) is 0 Å². The highest BCUT2D eigenvalue weighted by Crippen LogP contribution is 2.31. The predicted octanol–water partition coefficient (Wildman–Crippen LogP) is 3.38. The molecule has 1 aliphatic rings. The highest BCUT2D eigenvalue weighted by atomic mass is 19.1. The zero-order valence-electron chi connectivity index (χ0n) is 18.3. The van der Waals surface area contributed by atoms with Crippen molar-refractivity contribution in [1.29, 1.82) is 5.26 Å². The lowest BCUT2D eigenvalue weighted by Gasteiger charge is -2.14. The molecule has 8 nitrogen and oxygen atoms in total. The second-order valence-corrected chi connectivity index (χ2v) is 7.85. The normalized spacial score (nSPS) is 12.4. The number of aryl methyl sites for hydroxylation is 1. The maximum Gasteiger partial charge on any atom is 0.208 e. The van der Waals surface area contributed by atoms with E-state index in [0.717, 1.165) is 33.8 Å². The third-order valence-corrected chi connectivity index (χ3v) is 5.76. The van der Waals surface area contributed by atoms with Crippen molar-refractivity contribution >= 4 is 11.6 Å². The van der Waals surface area contributed by atoms with Crippen LogP contribution in [0.1, 0.15) is 28.2 Å². The predicted molar refractivity (Wildman–Crippen MR) is 121 cm³/mol. The van der Waals surface area contributed by atoms with Gasteiger partial charge >= 0.3 is 0 Å². The van der Waals surface area contributed by atoms with Crippen LogP contribution in [0.3, 0.4) is 0 Å². The lowest BCUT2D eigenvalue weighted by Crippen LogP contribution is -2.10. The molecule has 0 atom stereocenters. The van der Waals surface area contributed by atoms with Crippen LogP contribution in [0.5, 0.6) is 5.75 Å². The van der Waals surface area contributed by atoms with Gasteiger partial charge in [-0.3, -0.25) is 9.38 Å². The lowest BCUT2D eigenvalue weighted by molar-refractivity contribution is 0.356. The molecular formula is C24H22FN7O. The molecule has 166 valence electrons. The Morgan fingerprint density at radius 1 is 1.18 bits per heavy atom. The third-order valence-electron chi connectivity index (χ3n) is 5.76. The number of imidazole rings is 1. The van der Waals surface area contributed by atoms with Gasteiger partial charge in [0.2, 0.25) is 5.95 Å². The molecule has 0 unspecified atom stereocenters. The number of pyridine rings is 1. The molecule has 4 heterocycles. The maximum absolute atomic E-state index is 14.5. The van der Waals surface area contributed by atoms with Crippen LogP contribution >= 0.6 is 0 Å². The minimum absolute atomic E-state index is 0.235. The van der Waals surface area contributed by atoms with E-state index in [2.05, 4.69) is 31.7 Å². The second-order valence-electron chi connectivity index (χ2n) is 7.85. The van der Waals surface area contributed by atoms with Gasteiger partial charge in [-0.25, -0.2) is 14.4 Å². The summed E-state index contributed by atoms with van der Waals surface area (Å²) in [7, 11) is 1.88. The topological polar surface area (TPSA) is 100 Å². The Morgan fingerprint density at radius 2 is 2.06 bits per heavy atom. The van der Waals surface area contributed by atoms with Gasteiger partial charge in [-0.1, -0.05) is 6.07 Å². The summed E-state index contributed by atoms with van der Waals surface area (Å²) in [4.78, 5) is 13.7. The molecule has 33 heavy (non-hydrogen) atoms. The number of halogens is 1. The second kappa shape index (κ2) is 8.48. The summed E-state index contributed by atoms with van der Waals surface area (Å²) in [5.41, 5.74) is 5.72. The molecule has 2 N–H and O–H groups in total. The molecule has 0 fully saturated rings. The smallest absolute Gasteiger partial charge is 0.208 e. The number of anilines is 1. The first-order chi connectivity index (χ1) is 16.1. The average Bonchev–Trinajstić information content (AvgIpc) is 3.46. The quantitative estimate of drug-likeness (QED) is 0.471. The summed E-state index contributed by atoms with van der Waals surface area (Å²) in [5, 5.41) is 15.8. The first-order valence-electron chi connectivity index (χ1n) is 10.7. The maximum atomic E-state index is 14.5. The molecule has 1 aliphatic heterocycles. The van der Waals surface area contributed by atoms with Crippen molar-refractivity contribution in [3.05, 3.63) is 70.7 Å². The standard InChI is InChI=1S/C24H22FN7O/c1-14-17(4-3-15(30-14)10-27-2)20-12-29-24(32-13-16(9-26)31-23(20)32)28-11-19-18-7-8-33-22(18)6-5-21(19)25/h3-6,12-13,27H,7-8,10-11H2,1-2H3,(H,28,29). The van der Waals surface area contributed by atoms with Crippen LogP contribution in [-0.4, -0.2) is 33.0 Å². The number of fused-ring (bicyclic) bond motifs is 2. The third kappa shape index (κ3) is 3.75. The molecule has 5 rings (SSSR count). The first kappa shape index (κ1) is 20.8. The van der Waals surface area contributed by atoms with E-state index >= 15 is 0 Å². The van der Waals surface area contributed by atoms with E-state index in [1.807, 2.05) is 26.1 Å². The zero-order valence-corrected chi connectivity index (χ0v) is 18.3. The number of aromatic nitrogens is 4. The van der Waals surface area contributed by atoms with Crippen molar-refractivity contribution in [2.45, 2.75) is 26.4 Å². The fourth-order valence-corrected chi connectivity index (χ4v) is 4.20. The van der Waals surface area contributed by atoms with Crippen molar-refractivity contribution < 1.29 is 9.13 Å². The van der Waals surface area contributed by atoms with Crippen molar-refractivity contribution in [1.82, 2.24) is 24.7 Å². The Bertz CT molecular complexity index is 1410. The van der Waals surface area contributed by atoms with Crippen LogP contribution in [0.15, 0.2) is 36.7 Å². The fourth-order valence-electron chi connectivity index (χ4n) is 4.20. The van der Waals surface area contributed by atoms with Crippen LogP contribution in [0.25, 0.3) is 16.8 Å². The van der Waals surface area contributed by atoms with E-state index in [9.17, 15) is 9.65 Å². The van der Waals surface area contributed by atoms with E-state index < -0.39 is 0 Å². The molecule has 0 saturated heterocycles. The average molecular weight is 443 g/mol. The van der Waals surface area contributed by atoms with Gasteiger partial charge < -0.3 is 15.4 Å². The van der Waals surface area contributed by atoms with E-state index in [4.69, 9.17) is 4.74 Å². The number of nitrogens with zero attached hydrogens (tertiary/aromatic N) is 5. The minimum Gasteiger partial charge on any atom is -0.493 e. The SMILES string of the molecule is CNCc1ccc(-c2cnc(NCc3c(F)ccc4c3CCO4)n3cc(C#N)nc23)c(C)n1. The largest absolute Gasteiger partial charge is 0.493 e. The van der Waals surface area contributed by atoms with Crippen molar-refractivity contribution in [2.24, 2.45) is 0 Å². The highest BCUT2D eigenvalue weighted by molar-refractivity contribution is 5.79. The molecule has 1 aromatic carbocycles. The molecule has 0 aliphatic carbocycles. The van der Waals surface area contributed by atoms with Crippen LogP contribution in [0.4, 0.5) is 10.3 Å². The molecule has 0 saturated carbocycles. The van der Waals surface area contributed by atoms with Crippen molar-refractivity contribution in [2.75, 3.05) is 19.0 Å². The van der Waals surface area contributed by atoms with E-state index in [1.165, 1.54) is 6.07 Å². The van der Waals surface area contributed by atoms with Gasteiger partial charge in [0.1, 0.15) is 17.6 Å². The Kier molecular flexibility index (Phi) is 5.36. The summed E-state index contributed by atoms with van der Waals surface area (Å²) in [5.74, 6) is 0.906. The van der Waals surface area contributed by atoms with Crippen LogP contribution in [0.2, 0.25) is 0 Å². The summed E-state index contributed by atoms with van der Waals surface area (Å²) in [6.45, 7) is 3.40. The summed E-state index contributed by atoms with van der Waals surface area (Å²) >= 11 is 0. The monoisotopic (exact) mass is 443 g/mol. The van der Waals surface area contributed by atoms with Crippen molar-refractivity contribution in [3.63, 3.8) is 0 Å². The molecule has 0 radical (unpaired) electrons. The van der Waals surface area contributed by atoms with Gasteiger partial charge in [0.25, 0.3) is 0 Å². The highest BCUT2D eigenvalue weighted by Gasteiger charge is 2.20. The lowest BCUT2D eigenvalue weighted by atomic mass is 10.0. The number of nitriles is 1. The zero-order chi connectivity index (χ0) is 22.9. The number of hydrogen-bond donors (Lipinski definition) is 2. The van der Waals surface area contributed by atoms with Crippen LogP contribution in [-0.2, 0) is 19.5 Å². The molecular weight excluding hydrogens is 421 g/mol. The Labute approximate surface area is 190 Å².